The van der Waals surface area contributed by atoms with Crippen molar-refractivity contribution >= 4 is 29.7 Å². The molecule has 2 heterocycles. The number of nitrogens with zero attached hydrogens (tertiary/aromatic N) is 5. The first-order chi connectivity index (χ1) is 14.7. The minimum absolute atomic E-state index is 0.240. The van der Waals surface area contributed by atoms with Gasteiger partial charge in [0, 0.05) is 18.8 Å². The topological polar surface area (TPSA) is 96.8 Å². The number of aromatic nitrogens is 3. The fraction of sp³-hybridized carbons (Fsp3) is 0.238. The Morgan fingerprint density at radius 2 is 1.73 bits per heavy atom. The monoisotopic (exact) mass is 405 g/mol. The van der Waals surface area contributed by atoms with Crippen molar-refractivity contribution in [1.29, 1.82) is 0 Å². The summed E-state index contributed by atoms with van der Waals surface area (Å²) < 4.78 is 10.7. The summed E-state index contributed by atoms with van der Waals surface area (Å²) in [5.41, 5.74) is 4.66. The molecule has 9 heteroatoms. The summed E-state index contributed by atoms with van der Waals surface area (Å²) in [5.74, 6) is 2.81. The van der Waals surface area contributed by atoms with Crippen LogP contribution in [0.15, 0.2) is 53.6 Å². The number of para-hydroxylation sites is 1. The summed E-state index contributed by atoms with van der Waals surface area (Å²) in [7, 11) is 0. The van der Waals surface area contributed by atoms with E-state index in [1.807, 2.05) is 53.4 Å². The standard InChI is InChI=1S/C21H23N7O2/c1-3-28(4-2)21-25-19(23-16-8-6-5-7-9-16)24-20(26-21)27-22-13-15-10-11-17-18(12-15)30-14-29-17/h5-13H,3-4,14H2,1-2H3,(H2,23,24,25,26,27)/b22-13+. The Morgan fingerprint density at radius 3 is 2.53 bits per heavy atom. The van der Waals surface area contributed by atoms with Crippen molar-refractivity contribution in [2.75, 3.05) is 35.5 Å². The number of anilines is 4. The van der Waals surface area contributed by atoms with Gasteiger partial charge in [-0.15, -0.1) is 0 Å². The molecule has 0 saturated carbocycles. The number of ether oxygens (including phenoxy) is 2. The third-order valence-electron chi connectivity index (χ3n) is 4.47. The van der Waals surface area contributed by atoms with Gasteiger partial charge in [0.1, 0.15) is 0 Å². The van der Waals surface area contributed by atoms with Gasteiger partial charge in [-0.1, -0.05) is 18.2 Å². The Labute approximate surface area is 174 Å². The van der Waals surface area contributed by atoms with Gasteiger partial charge in [-0.2, -0.15) is 20.1 Å². The summed E-state index contributed by atoms with van der Waals surface area (Å²) in [6.45, 7) is 5.92. The van der Waals surface area contributed by atoms with Gasteiger partial charge in [0.05, 0.1) is 6.21 Å². The van der Waals surface area contributed by atoms with E-state index in [1.54, 1.807) is 6.21 Å². The molecule has 0 radical (unpaired) electrons. The highest BCUT2D eigenvalue weighted by Crippen LogP contribution is 2.32. The number of hydrogen-bond acceptors (Lipinski definition) is 9. The Kier molecular flexibility index (Phi) is 5.88. The third-order valence-corrected chi connectivity index (χ3v) is 4.47. The average molecular weight is 405 g/mol. The quantitative estimate of drug-likeness (QED) is 0.433. The van der Waals surface area contributed by atoms with Crippen LogP contribution in [0.2, 0.25) is 0 Å². The lowest BCUT2D eigenvalue weighted by Crippen LogP contribution is -2.25. The fourth-order valence-electron chi connectivity index (χ4n) is 2.93. The van der Waals surface area contributed by atoms with Crippen molar-refractivity contribution in [3.8, 4) is 11.5 Å². The normalized spacial score (nSPS) is 12.2. The lowest BCUT2D eigenvalue weighted by atomic mass is 10.2. The summed E-state index contributed by atoms with van der Waals surface area (Å²) in [5, 5.41) is 7.48. The maximum absolute atomic E-state index is 5.39. The summed E-state index contributed by atoms with van der Waals surface area (Å²) >= 11 is 0. The first-order valence-corrected chi connectivity index (χ1v) is 9.77. The fourth-order valence-corrected chi connectivity index (χ4v) is 2.93. The molecule has 0 fully saturated rings. The number of hydrogen-bond donors (Lipinski definition) is 2. The van der Waals surface area contributed by atoms with E-state index in [-0.39, 0.29) is 6.79 Å². The van der Waals surface area contributed by atoms with Crippen molar-refractivity contribution in [3.05, 3.63) is 54.1 Å². The van der Waals surface area contributed by atoms with Crippen LogP contribution in [-0.2, 0) is 0 Å². The van der Waals surface area contributed by atoms with Crippen molar-refractivity contribution in [3.63, 3.8) is 0 Å². The molecule has 3 aromatic rings. The zero-order chi connectivity index (χ0) is 20.8. The SMILES string of the molecule is CCN(CC)c1nc(N/N=C/c2ccc3c(c2)OCO3)nc(Nc2ccccc2)n1. The molecule has 1 aliphatic heterocycles. The largest absolute Gasteiger partial charge is 0.454 e. The first-order valence-electron chi connectivity index (χ1n) is 9.77. The Balaban J connectivity index is 1.54. The number of benzene rings is 2. The molecule has 0 unspecified atom stereocenters. The van der Waals surface area contributed by atoms with Crippen molar-refractivity contribution in [2.24, 2.45) is 5.10 Å². The molecule has 0 aliphatic carbocycles. The molecule has 0 spiro atoms. The predicted molar refractivity (Wildman–Crippen MR) is 117 cm³/mol. The molecule has 2 N–H and O–H groups in total. The van der Waals surface area contributed by atoms with Gasteiger partial charge >= 0.3 is 0 Å². The van der Waals surface area contributed by atoms with Gasteiger partial charge in [-0.3, -0.25) is 0 Å². The number of fused-ring (bicyclic) bond motifs is 1. The zero-order valence-corrected chi connectivity index (χ0v) is 16.9. The lowest BCUT2D eigenvalue weighted by molar-refractivity contribution is 0.174. The minimum Gasteiger partial charge on any atom is -0.454 e. The summed E-state index contributed by atoms with van der Waals surface area (Å²) in [6, 6.07) is 15.4. The number of hydrazone groups is 1. The second-order valence-electron chi connectivity index (χ2n) is 6.43. The molecule has 1 aliphatic rings. The highest BCUT2D eigenvalue weighted by Gasteiger charge is 2.13. The third kappa shape index (κ3) is 4.57. The van der Waals surface area contributed by atoms with E-state index in [0.29, 0.717) is 23.6 Å². The molecular formula is C21H23N7O2. The molecule has 0 atom stereocenters. The van der Waals surface area contributed by atoms with Crippen LogP contribution < -0.4 is 25.1 Å². The van der Waals surface area contributed by atoms with Crippen LogP contribution in [0.1, 0.15) is 19.4 Å². The van der Waals surface area contributed by atoms with E-state index in [9.17, 15) is 0 Å². The molecular weight excluding hydrogens is 382 g/mol. The molecule has 0 saturated heterocycles. The molecule has 1 aromatic heterocycles. The second kappa shape index (κ2) is 9.08. The highest BCUT2D eigenvalue weighted by atomic mass is 16.7. The van der Waals surface area contributed by atoms with Crippen molar-refractivity contribution in [2.45, 2.75) is 13.8 Å². The Morgan fingerprint density at radius 1 is 0.967 bits per heavy atom. The van der Waals surface area contributed by atoms with E-state index >= 15 is 0 Å². The lowest BCUT2D eigenvalue weighted by Gasteiger charge is -2.19. The van der Waals surface area contributed by atoms with E-state index in [0.717, 1.165) is 30.1 Å². The highest BCUT2D eigenvalue weighted by molar-refractivity contribution is 5.81. The smallest absolute Gasteiger partial charge is 0.250 e. The van der Waals surface area contributed by atoms with Gasteiger partial charge < -0.3 is 19.7 Å². The van der Waals surface area contributed by atoms with Crippen LogP contribution in [0.3, 0.4) is 0 Å². The molecule has 4 rings (SSSR count). The van der Waals surface area contributed by atoms with Crippen LogP contribution >= 0.6 is 0 Å². The van der Waals surface area contributed by atoms with Crippen molar-refractivity contribution < 1.29 is 9.47 Å². The predicted octanol–water partition coefficient (Wildman–Crippen LogP) is 3.64. The minimum atomic E-state index is 0.240. The van der Waals surface area contributed by atoms with Crippen LogP contribution in [0.25, 0.3) is 0 Å². The van der Waals surface area contributed by atoms with Crippen LogP contribution in [0, 0.1) is 0 Å². The number of nitrogens with one attached hydrogen (secondary N) is 2. The molecule has 9 nitrogen and oxygen atoms in total. The zero-order valence-electron chi connectivity index (χ0n) is 16.9. The molecule has 30 heavy (non-hydrogen) atoms. The summed E-state index contributed by atoms with van der Waals surface area (Å²) in [6.07, 6.45) is 1.67. The summed E-state index contributed by atoms with van der Waals surface area (Å²) in [4.78, 5) is 15.5. The van der Waals surface area contributed by atoms with E-state index < -0.39 is 0 Å². The molecule has 0 amide bonds. The van der Waals surface area contributed by atoms with Crippen LogP contribution in [0.4, 0.5) is 23.5 Å². The second-order valence-corrected chi connectivity index (χ2v) is 6.43. The van der Waals surface area contributed by atoms with Crippen LogP contribution in [0.5, 0.6) is 11.5 Å². The Bertz CT molecular complexity index is 1020. The molecule has 2 aromatic carbocycles. The van der Waals surface area contributed by atoms with E-state index in [2.05, 4.69) is 44.6 Å². The van der Waals surface area contributed by atoms with E-state index in [4.69, 9.17) is 9.47 Å². The maximum atomic E-state index is 5.39. The van der Waals surface area contributed by atoms with Gasteiger partial charge in [-0.05, 0) is 49.7 Å². The Hall–Kier alpha value is -3.88. The average Bonchev–Trinajstić information content (AvgIpc) is 3.23. The van der Waals surface area contributed by atoms with Gasteiger partial charge in [0.2, 0.25) is 24.6 Å². The van der Waals surface area contributed by atoms with Crippen LogP contribution in [-0.4, -0.2) is 41.0 Å². The van der Waals surface area contributed by atoms with Crippen molar-refractivity contribution in [1.82, 2.24) is 15.0 Å². The molecule has 0 bridgehead atoms. The first kappa shape index (κ1) is 19.4. The van der Waals surface area contributed by atoms with Gasteiger partial charge in [0.15, 0.2) is 11.5 Å². The van der Waals surface area contributed by atoms with E-state index in [1.165, 1.54) is 0 Å². The maximum Gasteiger partial charge on any atom is 0.250 e. The number of rotatable bonds is 8. The molecule has 154 valence electrons. The van der Waals surface area contributed by atoms with Gasteiger partial charge in [0.25, 0.3) is 0 Å². The van der Waals surface area contributed by atoms with Gasteiger partial charge in [-0.25, -0.2) is 5.43 Å².